The molecule has 2 heterocycles. The fourth-order valence-electron chi connectivity index (χ4n) is 2.96. The summed E-state index contributed by atoms with van der Waals surface area (Å²) in [5.74, 6) is 0. The number of thiocarbonyl (C=S) groups is 1. The van der Waals surface area contributed by atoms with E-state index < -0.39 is 14.2 Å². The van der Waals surface area contributed by atoms with E-state index in [0.717, 1.165) is 11.1 Å². The monoisotopic (exact) mass is 408 g/mol. The maximum atomic E-state index is 9.82. The third-order valence-corrected chi connectivity index (χ3v) is 5.11. The standard InChI is InChI=1S/C15H12B2Cl2N2O4S/c18-11-1-7-5-24-16(22)9(7)3-13(11)20-15(26)21-14-4-10-8(2-12(14)19)6-25-17(10)23/h1-4,22-23H,5-6H2,(H2,20,21,26). The van der Waals surface area contributed by atoms with E-state index in [4.69, 9.17) is 44.7 Å². The summed E-state index contributed by atoms with van der Waals surface area (Å²) in [5.41, 5.74) is 4.04. The molecule has 0 aliphatic carbocycles. The van der Waals surface area contributed by atoms with Crippen molar-refractivity contribution in [2.24, 2.45) is 0 Å². The Morgan fingerprint density at radius 2 is 1.31 bits per heavy atom. The Balaban J connectivity index is 1.54. The van der Waals surface area contributed by atoms with Crippen molar-refractivity contribution in [2.45, 2.75) is 13.2 Å². The summed E-state index contributed by atoms with van der Waals surface area (Å²) in [5, 5.41) is 26.8. The number of nitrogens with one attached hydrogen (secondary N) is 2. The molecule has 26 heavy (non-hydrogen) atoms. The van der Waals surface area contributed by atoms with Crippen LogP contribution in [0.5, 0.6) is 0 Å². The summed E-state index contributed by atoms with van der Waals surface area (Å²) in [6.45, 7) is 0.628. The summed E-state index contributed by atoms with van der Waals surface area (Å²) in [6, 6.07) is 6.86. The van der Waals surface area contributed by atoms with Gasteiger partial charge in [-0.1, -0.05) is 23.2 Å². The van der Waals surface area contributed by atoms with Crippen molar-refractivity contribution in [3.8, 4) is 0 Å². The van der Waals surface area contributed by atoms with Crippen molar-refractivity contribution >= 4 is 77.1 Å². The van der Waals surface area contributed by atoms with E-state index >= 15 is 0 Å². The van der Waals surface area contributed by atoms with Crippen LogP contribution in [0.3, 0.4) is 0 Å². The average molecular weight is 409 g/mol. The molecule has 2 aliphatic heterocycles. The molecule has 6 nitrogen and oxygen atoms in total. The van der Waals surface area contributed by atoms with Crippen LogP contribution in [-0.4, -0.2) is 29.4 Å². The number of fused-ring (bicyclic) bond motifs is 2. The molecule has 2 aliphatic rings. The third kappa shape index (κ3) is 3.32. The fourth-order valence-corrected chi connectivity index (χ4v) is 3.64. The van der Waals surface area contributed by atoms with E-state index in [1.54, 1.807) is 24.3 Å². The van der Waals surface area contributed by atoms with Crippen molar-refractivity contribution in [3.63, 3.8) is 0 Å². The van der Waals surface area contributed by atoms with Crippen LogP contribution in [0.25, 0.3) is 0 Å². The lowest BCUT2D eigenvalue weighted by Crippen LogP contribution is -2.30. The minimum absolute atomic E-state index is 0.260. The fraction of sp³-hybridized carbons (Fsp3) is 0.133. The topological polar surface area (TPSA) is 83.0 Å². The van der Waals surface area contributed by atoms with Gasteiger partial charge in [0.05, 0.1) is 34.6 Å². The first-order chi connectivity index (χ1) is 12.4. The molecule has 0 unspecified atom stereocenters. The van der Waals surface area contributed by atoms with Gasteiger partial charge in [0.15, 0.2) is 5.11 Å². The van der Waals surface area contributed by atoms with Crippen LogP contribution in [0, 0.1) is 0 Å². The van der Waals surface area contributed by atoms with Crippen molar-refractivity contribution in [3.05, 3.63) is 45.4 Å². The molecule has 0 bridgehead atoms. The SMILES string of the molecule is OB1OCc2cc(Cl)c(NC(=S)Nc3cc4c(cc3Cl)COB4O)cc21. The molecule has 0 saturated carbocycles. The van der Waals surface area contributed by atoms with Crippen LogP contribution < -0.4 is 21.6 Å². The molecule has 11 heteroatoms. The Morgan fingerprint density at radius 3 is 1.73 bits per heavy atom. The molecule has 0 spiro atoms. The Morgan fingerprint density at radius 1 is 0.885 bits per heavy atom. The van der Waals surface area contributed by atoms with Crippen molar-refractivity contribution in [1.29, 1.82) is 0 Å². The van der Waals surface area contributed by atoms with Crippen LogP contribution >= 0.6 is 35.4 Å². The second kappa shape index (κ2) is 7.01. The first-order valence-electron chi connectivity index (χ1n) is 7.74. The number of hydrogen-bond donors (Lipinski definition) is 4. The molecule has 0 saturated heterocycles. The second-order valence-electron chi connectivity index (χ2n) is 5.97. The minimum Gasteiger partial charge on any atom is -0.423 e. The second-order valence-corrected chi connectivity index (χ2v) is 7.19. The van der Waals surface area contributed by atoms with Gasteiger partial charge in [-0.05, 0) is 58.5 Å². The first kappa shape index (κ1) is 18.1. The first-order valence-corrected chi connectivity index (χ1v) is 8.91. The molecular formula is C15H12B2Cl2N2O4S. The molecule has 0 radical (unpaired) electrons. The molecule has 4 N–H and O–H groups in total. The average Bonchev–Trinajstić information content (AvgIpc) is 3.12. The zero-order valence-electron chi connectivity index (χ0n) is 13.3. The van der Waals surface area contributed by atoms with Crippen LogP contribution in [-0.2, 0) is 22.5 Å². The molecule has 132 valence electrons. The Kier molecular flexibility index (Phi) is 4.87. The minimum atomic E-state index is -0.975. The molecule has 2 aromatic rings. The van der Waals surface area contributed by atoms with Gasteiger partial charge in [-0.25, -0.2) is 0 Å². The summed E-state index contributed by atoms with van der Waals surface area (Å²) in [4.78, 5) is 0. The van der Waals surface area contributed by atoms with Crippen LogP contribution in [0.4, 0.5) is 11.4 Å². The molecule has 0 aromatic heterocycles. The van der Waals surface area contributed by atoms with E-state index in [0.29, 0.717) is 45.6 Å². The molecule has 4 rings (SSSR count). The zero-order valence-corrected chi connectivity index (χ0v) is 15.6. The van der Waals surface area contributed by atoms with Gasteiger partial charge in [-0.15, -0.1) is 0 Å². The largest absolute Gasteiger partial charge is 0.491 e. The highest BCUT2D eigenvalue weighted by Crippen LogP contribution is 2.27. The number of hydrogen-bond acceptors (Lipinski definition) is 5. The zero-order chi connectivity index (χ0) is 18.4. The number of anilines is 2. The van der Waals surface area contributed by atoms with Gasteiger partial charge in [0.25, 0.3) is 0 Å². The molecule has 2 aromatic carbocycles. The van der Waals surface area contributed by atoms with Crippen LogP contribution in [0.2, 0.25) is 10.0 Å². The Bertz CT molecular complexity index is 846. The normalized spacial score (nSPS) is 15.1. The van der Waals surface area contributed by atoms with Crippen molar-refractivity contribution < 1.29 is 19.4 Å². The van der Waals surface area contributed by atoms with E-state index in [-0.39, 0.29) is 5.11 Å². The van der Waals surface area contributed by atoms with Gasteiger partial charge in [0, 0.05) is 0 Å². The summed E-state index contributed by atoms with van der Waals surface area (Å²) in [6.07, 6.45) is 0. The lowest BCUT2D eigenvalue weighted by Gasteiger charge is -2.15. The lowest BCUT2D eigenvalue weighted by molar-refractivity contribution is 0.275. The maximum absolute atomic E-state index is 9.82. The lowest BCUT2D eigenvalue weighted by atomic mass is 9.79. The van der Waals surface area contributed by atoms with Crippen LogP contribution in [0.15, 0.2) is 24.3 Å². The Labute approximate surface area is 165 Å². The van der Waals surface area contributed by atoms with Crippen molar-refractivity contribution in [2.75, 3.05) is 10.6 Å². The molecular weight excluding hydrogens is 397 g/mol. The van der Waals surface area contributed by atoms with Gasteiger partial charge < -0.3 is 30.0 Å². The number of halogens is 2. The maximum Gasteiger partial charge on any atom is 0.491 e. The number of benzene rings is 2. The third-order valence-electron chi connectivity index (χ3n) is 4.28. The highest BCUT2D eigenvalue weighted by atomic mass is 35.5. The van der Waals surface area contributed by atoms with Crippen LogP contribution in [0.1, 0.15) is 11.1 Å². The predicted octanol–water partition coefficient (Wildman–Crippen LogP) is 1.24. The molecule has 0 amide bonds. The van der Waals surface area contributed by atoms with Crippen molar-refractivity contribution in [1.82, 2.24) is 0 Å². The number of rotatable bonds is 2. The predicted molar refractivity (Wildman–Crippen MR) is 108 cm³/mol. The molecule has 0 fully saturated rings. The van der Waals surface area contributed by atoms with E-state index in [2.05, 4.69) is 10.6 Å². The van der Waals surface area contributed by atoms with E-state index in [1.165, 1.54) is 0 Å². The summed E-state index contributed by atoms with van der Waals surface area (Å²) >= 11 is 17.9. The van der Waals surface area contributed by atoms with E-state index in [9.17, 15) is 10.0 Å². The summed E-state index contributed by atoms with van der Waals surface area (Å²) in [7, 11) is -1.95. The molecule has 0 atom stereocenters. The quantitative estimate of drug-likeness (QED) is 0.439. The highest BCUT2D eigenvalue weighted by molar-refractivity contribution is 7.80. The van der Waals surface area contributed by atoms with Gasteiger partial charge in [-0.3, -0.25) is 0 Å². The van der Waals surface area contributed by atoms with Gasteiger partial charge in [0.2, 0.25) is 0 Å². The van der Waals surface area contributed by atoms with Gasteiger partial charge in [0.1, 0.15) is 0 Å². The highest BCUT2D eigenvalue weighted by Gasteiger charge is 2.29. The smallest absolute Gasteiger partial charge is 0.423 e. The van der Waals surface area contributed by atoms with Gasteiger partial charge in [-0.2, -0.15) is 0 Å². The van der Waals surface area contributed by atoms with E-state index in [1.807, 2.05) is 0 Å². The summed E-state index contributed by atoms with van der Waals surface area (Å²) < 4.78 is 10.3. The van der Waals surface area contributed by atoms with Gasteiger partial charge >= 0.3 is 14.2 Å². The Hall–Kier alpha value is -1.32.